The summed E-state index contributed by atoms with van der Waals surface area (Å²) in [5.41, 5.74) is 3.92. The number of pyridine rings is 1. The van der Waals surface area contributed by atoms with Gasteiger partial charge in [-0.05, 0) is 68.7 Å². The standard InChI is InChI=1S/C22H23N3O2.C2H7N/c1-5-9-24-22(26)20-17-12-18-16-11-14(27-4)6-7-19(16)25(3)21(18)13(2)15(17)8-10-23-20;1-3-2/h6-8,10-12H,5,9H2,1-4H3,(H,24,26);3H,1-2H3. The minimum atomic E-state index is -0.126. The van der Waals surface area contributed by atoms with Gasteiger partial charge in [0.15, 0.2) is 0 Å². The Hall–Kier alpha value is -3.12. The summed E-state index contributed by atoms with van der Waals surface area (Å²) in [7, 11) is 7.50. The van der Waals surface area contributed by atoms with Crippen LogP contribution in [-0.4, -0.2) is 43.2 Å². The van der Waals surface area contributed by atoms with Gasteiger partial charge >= 0.3 is 0 Å². The van der Waals surface area contributed by atoms with Crippen molar-refractivity contribution in [2.75, 3.05) is 27.7 Å². The molecule has 6 nitrogen and oxygen atoms in total. The van der Waals surface area contributed by atoms with E-state index in [0.29, 0.717) is 12.2 Å². The lowest BCUT2D eigenvalue weighted by Gasteiger charge is -2.10. The molecule has 30 heavy (non-hydrogen) atoms. The zero-order chi connectivity index (χ0) is 21.8. The van der Waals surface area contributed by atoms with Gasteiger partial charge in [-0.2, -0.15) is 0 Å². The van der Waals surface area contributed by atoms with Crippen molar-refractivity contribution in [2.45, 2.75) is 20.3 Å². The van der Waals surface area contributed by atoms with Crippen LogP contribution in [0.2, 0.25) is 0 Å². The van der Waals surface area contributed by atoms with Gasteiger partial charge in [-0.1, -0.05) is 6.92 Å². The van der Waals surface area contributed by atoms with Gasteiger partial charge in [0.2, 0.25) is 0 Å². The Morgan fingerprint density at radius 3 is 2.50 bits per heavy atom. The van der Waals surface area contributed by atoms with Crippen LogP contribution >= 0.6 is 0 Å². The molecule has 0 unspecified atom stereocenters. The van der Waals surface area contributed by atoms with E-state index in [9.17, 15) is 4.79 Å². The van der Waals surface area contributed by atoms with Gasteiger partial charge in [0.25, 0.3) is 5.91 Å². The molecule has 1 amide bonds. The second-order valence-corrected chi connectivity index (χ2v) is 7.35. The van der Waals surface area contributed by atoms with Crippen molar-refractivity contribution in [2.24, 2.45) is 7.05 Å². The first-order valence-electron chi connectivity index (χ1n) is 10.2. The SMILES string of the molecule is CCCNC(=O)c1nccc2c(C)c3c(cc12)c1cc(OC)ccc1n3C.CNC. The van der Waals surface area contributed by atoms with Gasteiger partial charge in [-0.25, -0.2) is 0 Å². The van der Waals surface area contributed by atoms with Crippen molar-refractivity contribution in [3.05, 3.63) is 47.8 Å². The van der Waals surface area contributed by atoms with Crippen molar-refractivity contribution >= 4 is 38.5 Å². The molecule has 0 aliphatic carbocycles. The fourth-order valence-electron chi connectivity index (χ4n) is 3.90. The van der Waals surface area contributed by atoms with Gasteiger partial charge in [0, 0.05) is 41.5 Å². The van der Waals surface area contributed by atoms with E-state index < -0.39 is 0 Å². The molecule has 4 aromatic rings. The smallest absolute Gasteiger partial charge is 0.270 e. The highest BCUT2D eigenvalue weighted by atomic mass is 16.5. The summed E-state index contributed by atoms with van der Waals surface area (Å²) >= 11 is 0. The number of benzene rings is 2. The third-order valence-electron chi connectivity index (χ3n) is 5.23. The molecule has 158 valence electrons. The van der Waals surface area contributed by atoms with Crippen LogP contribution in [0.3, 0.4) is 0 Å². The Morgan fingerprint density at radius 1 is 1.10 bits per heavy atom. The highest BCUT2D eigenvalue weighted by molar-refractivity contribution is 6.17. The minimum Gasteiger partial charge on any atom is -0.497 e. The lowest BCUT2D eigenvalue weighted by molar-refractivity contribution is 0.0950. The van der Waals surface area contributed by atoms with E-state index in [1.807, 2.05) is 33.2 Å². The number of hydrogen-bond donors (Lipinski definition) is 2. The van der Waals surface area contributed by atoms with Gasteiger partial charge in [-0.15, -0.1) is 0 Å². The molecule has 2 heterocycles. The zero-order valence-corrected chi connectivity index (χ0v) is 18.6. The van der Waals surface area contributed by atoms with E-state index in [2.05, 4.69) is 52.4 Å². The summed E-state index contributed by atoms with van der Waals surface area (Å²) in [5, 5.41) is 9.84. The molecule has 0 bridgehead atoms. The molecule has 0 spiro atoms. The van der Waals surface area contributed by atoms with E-state index in [0.717, 1.165) is 50.3 Å². The predicted molar refractivity (Wildman–Crippen MR) is 125 cm³/mol. The average Bonchev–Trinajstić information content (AvgIpc) is 3.04. The monoisotopic (exact) mass is 406 g/mol. The second-order valence-electron chi connectivity index (χ2n) is 7.35. The van der Waals surface area contributed by atoms with Crippen LogP contribution in [0.5, 0.6) is 5.75 Å². The van der Waals surface area contributed by atoms with Crippen LogP contribution in [-0.2, 0) is 7.05 Å². The molecule has 0 fully saturated rings. The molecular weight excluding hydrogens is 376 g/mol. The van der Waals surface area contributed by atoms with Crippen molar-refractivity contribution in [3.63, 3.8) is 0 Å². The molecule has 2 N–H and O–H groups in total. The minimum absolute atomic E-state index is 0.126. The summed E-state index contributed by atoms with van der Waals surface area (Å²) in [6, 6.07) is 10.2. The number of ether oxygens (including phenoxy) is 1. The van der Waals surface area contributed by atoms with Crippen molar-refractivity contribution < 1.29 is 9.53 Å². The first kappa shape index (κ1) is 21.6. The van der Waals surface area contributed by atoms with E-state index >= 15 is 0 Å². The van der Waals surface area contributed by atoms with Crippen molar-refractivity contribution in [1.29, 1.82) is 0 Å². The topological polar surface area (TPSA) is 68.2 Å². The molecule has 0 saturated heterocycles. The van der Waals surface area contributed by atoms with E-state index in [1.54, 1.807) is 13.3 Å². The first-order valence-corrected chi connectivity index (χ1v) is 10.2. The number of carbonyl (C=O) groups excluding carboxylic acids is 1. The number of carbonyl (C=O) groups is 1. The Morgan fingerprint density at radius 2 is 1.83 bits per heavy atom. The second kappa shape index (κ2) is 9.13. The zero-order valence-electron chi connectivity index (χ0n) is 18.6. The number of amides is 1. The number of fused-ring (bicyclic) bond motifs is 4. The number of aromatic nitrogens is 2. The molecule has 0 aliphatic heterocycles. The molecule has 6 heteroatoms. The number of nitrogens with one attached hydrogen (secondary N) is 2. The molecule has 2 aromatic heterocycles. The Balaban J connectivity index is 0.000000806. The van der Waals surface area contributed by atoms with Gasteiger partial charge < -0.3 is 19.9 Å². The first-order chi connectivity index (χ1) is 14.5. The number of hydrogen-bond acceptors (Lipinski definition) is 4. The van der Waals surface area contributed by atoms with Gasteiger partial charge in [0.05, 0.1) is 12.6 Å². The Bertz CT molecular complexity index is 1210. The molecule has 0 radical (unpaired) electrons. The molecule has 0 atom stereocenters. The number of methoxy groups -OCH3 is 1. The normalized spacial score (nSPS) is 10.9. The number of aryl methyl sites for hydroxylation is 2. The average molecular weight is 407 g/mol. The molecule has 0 aliphatic rings. The summed E-state index contributed by atoms with van der Waals surface area (Å²) in [6.45, 7) is 4.78. The third-order valence-corrected chi connectivity index (χ3v) is 5.23. The van der Waals surface area contributed by atoms with E-state index in [4.69, 9.17) is 4.74 Å². The Labute approximate surface area is 177 Å². The quantitative estimate of drug-likeness (QED) is 0.534. The van der Waals surface area contributed by atoms with Crippen molar-refractivity contribution in [1.82, 2.24) is 20.2 Å². The van der Waals surface area contributed by atoms with Crippen LogP contribution in [0, 0.1) is 6.92 Å². The molecule has 4 rings (SSSR count). The summed E-state index contributed by atoms with van der Waals surface area (Å²) in [6.07, 6.45) is 2.61. The third kappa shape index (κ3) is 3.71. The highest BCUT2D eigenvalue weighted by Crippen LogP contribution is 2.36. The lowest BCUT2D eigenvalue weighted by atomic mass is 10.00. The van der Waals surface area contributed by atoms with E-state index in [-0.39, 0.29) is 5.91 Å². The highest BCUT2D eigenvalue weighted by Gasteiger charge is 2.18. The molecule has 0 saturated carbocycles. The van der Waals surface area contributed by atoms with Crippen LogP contribution in [0.15, 0.2) is 36.5 Å². The van der Waals surface area contributed by atoms with Crippen LogP contribution in [0.25, 0.3) is 32.6 Å². The number of nitrogens with zero attached hydrogens (tertiary/aromatic N) is 2. The maximum atomic E-state index is 12.6. The summed E-state index contributed by atoms with van der Waals surface area (Å²) < 4.78 is 7.62. The van der Waals surface area contributed by atoms with Gasteiger partial charge in [-0.3, -0.25) is 9.78 Å². The lowest BCUT2D eigenvalue weighted by Crippen LogP contribution is -2.25. The number of rotatable bonds is 4. The van der Waals surface area contributed by atoms with Crippen LogP contribution in [0.4, 0.5) is 0 Å². The maximum Gasteiger partial charge on any atom is 0.270 e. The van der Waals surface area contributed by atoms with Crippen molar-refractivity contribution in [3.8, 4) is 5.75 Å². The van der Waals surface area contributed by atoms with Crippen LogP contribution < -0.4 is 15.4 Å². The van der Waals surface area contributed by atoms with Crippen LogP contribution in [0.1, 0.15) is 29.4 Å². The molecule has 2 aromatic carbocycles. The summed E-state index contributed by atoms with van der Waals surface area (Å²) in [5.74, 6) is 0.693. The fraction of sp³-hybridized carbons (Fsp3) is 0.333. The van der Waals surface area contributed by atoms with E-state index in [1.165, 1.54) is 0 Å². The largest absolute Gasteiger partial charge is 0.497 e. The summed E-state index contributed by atoms with van der Waals surface area (Å²) in [4.78, 5) is 17.0. The maximum absolute atomic E-state index is 12.6. The Kier molecular flexibility index (Phi) is 6.57. The molecular formula is C24H30N4O2. The predicted octanol–water partition coefficient (Wildman–Crippen LogP) is 4.17. The van der Waals surface area contributed by atoms with Gasteiger partial charge in [0.1, 0.15) is 11.4 Å². The fourth-order valence-corrected chi connectivity index (χ4v) is 3.90.